The fourth-order valence-electron chi connectivity index (χ4n) is 4.27. The van der Waals surface area contributed by atoms with Crippen molar-refractivity contribution >= 4 is 44.2 Å². The van der Waals surface area contributed by atoms with Crippen LogP contribution in [0.1, 0.15) is 41.8 Å². The summed E-state index contributed by atoms with van der Waals surface area (Å²) in [6, 6.07) is 5.61. The number of carbonyl (C=O) groups is 3. The predicted octanol–water partition coefficient (Wildman–Crippen LogP) is 4.16. The number of urea groups is 1. The highest BCUT2D eigenvalue weighted by molar-refractivity contribution is 7.70. The molecule has 228 valence electrons. The molecule has 0 fully saturated rings. The molecule has 0 saturated heterocycles. The number of fused-ring (bicyclic) bond motifs is 1. The van der Waals surface area contributed by atoms with Crippen molar-refractivity contribution < 1.29 is 38.1 Å². The first-order chi connectivity index (χ1) is 20.6. The summed E-state index contributed by atoms with van der Waals surface area (Å²) in [7, 11) is 5.77. The van der Waals surface area contributed by atoms with Gasteiger partial charge in [0.05, 0.1) is 37.0 Å². The van der Waals surface area contributed by atoms with Crippen molar-refractivity contribution in [3.05, 3.63) is 61.7 Å². The first-order valence-corrected chi connectivity index (χ1v) is 15.3. The van der Waals surface area contributed by atoms with E-state index >= 15 is 0 Å². The van der Waals surface area contributed by atoms with Gasteiger partial charge in [-0.05, 0) is 31.9 Å². The highest BCUT2D eigenvalue weighted by Crippen LogP contribution is 2.40. The minimum atomic E-state index is -0.902. The lowest BCUT2D eigenvalue weighted by Crippen LogP contribution is -2.33. The van der Waals surface area contributed by atoms with Crippen molar-refractivity contribution in [3.63, 3.8) is 0 Å². The van der Waals surface area contributed by atoms with E-state index in [2.05, 4.69) is 10.6 Å². The van der Waals surface area contributed by atoms with Gasteiger partial charge in [0.25, 0.3) is 5.56 Å². The maximum Gasteiger partial charge on any atom is 0.350 e. The number of methoxy groups -OCH3 is 2. The van der Waals surface area contributed by atoms with Crippen LogP contribution in [0.3, 0.4) is 0 Å². The van der Waals surface area contributed by atoms with Gasteiger partial charge in [-0.1, -0.05) is 20.7 Å². The van der Waals surface area contributed by atoms with E-state index in [-0.39, 0.29) is 37.4 Å². The zero-order valence-corrected chi connectivity index (χ0v) is 25.1. The lowest BCUT2D eigenvalue weighted by Gasteiger charge is -2.11. The number of nitrogens with one attached hydrogen (secondary N) is 2. The lowest BCUT2D eigenvalue weighted by molar-refractivity contribution is -0.143. The zero-order chi connectivity index (χ0) is 31.1. The fraction of sp³-hybridized carbons (Fsp3) is 0.321. The van der Waals surface area contributed by atoms with Crippen LogP contribution in [-0.2, 0) is 9.53 Å². The average molecular weight is 632 g/mol. The van der Waals surface area contributed by atoms with Crippen molar-refractivity contribution in [2.24, 2.45) is 0 Å². The molecular formula is C28H29N3O10S2. The smallest absolute Gasteiger partial charge is 0.350 e. The van der Waals surface area contributed by atoms with Crippen molar-refractivity contribution in [1.82, 2.24) is 9.88 Å². The van der Waals surface area contributed by atoms with Crippen LogP contribution in [0.15, 0.2) is 43.7 Å². The molecule has 43 heavy (non-hydrogen) atoms. The molecule has 1 aromatic carbocycles. The number of aromatic hydroxyl groups is 1. The van der Waals surface area contributed by atoms with Gasteiger partial charge in [0.2, 0.25) is 0 Å². The number of esters is 1. The second kappa shape index (κ2) is 14.0. The van der Waals surface area contributed by atoms with Gasteiger partial charge in [-0.25, -0.2) is 9.59 Å². The Morgan fingerprint density at radius 3 is 2.56 bits per heavy atom. The molecule has 2 aliphatic rings. The number of rotatable bonds is 13. The van der Waals surface area contributed by atoms with E-state index in [1.807, 2.05) is 5.38 Å². The Morgan fingerprint density at radius 1 is 1.07 bits per heavy atom. The number of anilines is 1. The minimum Gasteiger partial charge on any atom is -0.507 e. The number of aromatic nitrogens is 1. The third kappa shape index (κ3) is 7.24. The summed E-state index contributed by atoms with van der Waals surface area (Å²) in [5.41, 5.74) is -0.517. The Balaban J connectivity index is 1.24. The molecule has 13 nitrogen and oxygen atoms in total. The van der Waals surface area contributed by atoms with Crippen LogP contribution in [0.5, 0.6) is 17.2 Å². The Kier molecular flexibility index (Phi) is 10.2. The van der Waals surface area contributed by atoms with E-state index in [0.29, 0.717) is 40.6 Å². The quantitative estimate of drug-likeness (QED) is 0.0841. The second-order valence-corrected chi connectivity index (χ2v) is 11.3. The molecule has 2 aromatic rings. The molecule has 0 unspecified atom stereocenters. The molecular weight excluding hydrogens is 602 g/mol. The second-order valence-electron chi connectivity index (χ2n) is 9.20. The third-order valence-corrected chi connectivity index (χ3v) is 8.37. The van der Waals surface area contributed by atoms with Gasteiger partial charge in [-0.3, -0.25) is 19.0 Å². The summed E-state index contributed by atoms with van der Waals surface area (Å²) < 4.78 is 22.1. The molecule has 2 aliphatic heterocycles. The summed E-state index contributed by atoms with van der Waals surface area (Å²) in [6.07, 6.45) is 0.576. The molecule has 0 atom stereocenters. The molecule has 0 saturated carbocycles. The Labute approximate surface area is 252 Å². The van der Waals surface area contributed by atoms with Gasteiger partial charge in [0.15, 0.2) is 5.78 Å². The van der Waals surface area contributed by atoms with E-state index in [9.17, 15) is 29.1 Å². The number of hydrogen-bond donors (Lipinski definition) is 3. The van der Waals surface area contributed by atoms with Crippen molar-refractivity contribution in [3.8, 4) is 33.5 Å². The number of ether oxygens (including phenoxy) is 3. The van der Waals surface area contributed by atoms with Gasteiger partial charge >= 0.3 is 17.6 Å². The summed E-state index contributed by atoms with van der Waals surface area (Å²) in [6.45, 7) is 1.37. The summed E-state index contributed by atoms with van der Waals surface area (Å²) in [5, 5.41) is 16.8. The normalized spacial score (nSPS) is 10.9. The number of aryl methyl sites for hydroxylation is 1. The number of carbonyl (C=O) groups excluding carboxylic acids is 3. The molecule has 0 aliphatic carbocycles. The van der Waals surface area contributed by atoms with Gasteiger partial charge in [-0.15, -0.1) is 0 Å². The Bertz CT molecular complexity index is 1720. The van der Waals surface area contributed by atoms with Crippen molar-refractivity contribution in [2.75, 3.05) is 32.7 Å². The monoisotopic (exact) mass is 631 g/mol. The number of Topliss-reactive ketones (excluding diaryl/α,β-unsaturated/α-hetero) is 1. The van der Waals surface area contributed by atoms with Crippen LogP contribution in [0, 0.1) is 6.92 Å². The molecule has 3 N–H and O–H groups in total. The van der Waals surface area contributed by atoms with E-state index in [4.69, 9.17) is 18.6 Å². The summed E-state index contributed by atoms with van der Waals surface area (Å²) >= 11 is 0. The summed E-state index contributed by atoms with van der Waals surface area (Å²) in [5.74, 6) is -0.359. The lowest BCUT2D eigenvalue weighted by atomic mass is 10.1. The van der Waals surface area contributed by atoms with Gasteiger partial charge < -0.3 is 34.4 Å². The predicted molar refractivity (Wildman–Crippen MR) is 160 cm³/mol. The molecule has 15 heteroatoms. The van der Waals surface area contributed by atoms with Crippen LogP contribution in [0.25, 0.3) is 16.3 Å². The molecule has 1 aromatic heterocycles. The highest BCUT2D eigenvalue weighted by Gasteiger charge is 2.26. The number of nitrogens with zero attached hydrogens (tertiary/aromatic N) is 1. The molecule has 0 radical (unpaired) electrons. The van der Waals surface area contributed by atoms with Crippen molar-refractivity contribution in [2.45, 2.75) is 32.6 Å². The largest absolute Gasteiger partial charge is 0.507 e. The first kappa shape index (κ1) is 31.3. The summed E-state index contributed by atoms with van der Waals surface area (Å²) in [4.78, 5) is 62.6. The first-order valence-electron chi connectivity index (χ1n) is 13.1. The fourth-order valence-corrected chi connectivity index (χ4v) is 6.47. The third-order valence-electron chi connectivity index (χ3n) is 6.29. The average Bonchev–Trinajstić information content (AvgIpc) is 3.53. The van der Waals surface area contributed by atoms with E-state index in [0.717, 1.165) is 0 Å². The van der Waals surface area contributed by atoms with Crippen LogP contribution in [0.4, 0.5) is 10.5 Å². The number of unbranched alkanes of at least 4 members (excludes halogenated alkanes) is 1. The van der Waals surface area contributed by atoms with Gasteiger partial charge in [-0.2, -0.15) is 0 Å². The number of amides is 2. The maximum atomic E-state index is 13.3. The van der Waals surface area contributed by atoms with Crippen LogP contribution >= 0.6 is 20.7 Å². The van der Waals surface area contributed by atoms with Crippen molar-refractivity contribution in [1.29, 1.82) is 0 Å². The number of benzene rings is 1. The molecule has 2 amide bonds. The van der Waals surface area contributed by atoms with Crippen LogP contribution in [0.2, 0.25) is 0 Å². The number of hydrogen-bond acceptors (Lipinski definition) is 12. The standard InChI is InChI=1S/C28H29N3O10S2/c1-15-12-20(33)23(27(36)41-15)19(32)6-4-5-7-22(34)40-11-10-29-28(37)30-24-25-18(14-42-43-25)31(26(24)35)17-9-8-16(38-2)13-21(17)39-3/h8-9,12-14,33H,4-7,10-11H2,1-3H3,(H2,29,30,37). The topological polar surface area (TPSA) is 175 Å². The minimum absolute atomic E-state index is 0.00402. The van der Waals surface area contributed by atoms with Gasteiger partial charge in [0.1, 0.15) is 40.9 Å². The molecule has 3 heterocycles. The van der Waals surface area contributed by atoms with E-state index < -0.39 is 40.3 Å². The molecule has 4 rings (SSSR count). The Morgan fingerprint density at radius 2 is 1.84 bits per heavy atom. The van der Waals surface area contributed by atoms with Gasteiger partial charge in [0, 0.05) is 30.4 Å². The van der Waals surface area contributed by atoms with Crippen LogP contribution in [-0.4, -0.2) is 54.8 Å². The van der Waals surface area contributed by atoms with Crippen LogP contribution < -0.4 is 31.3 Å². The maximum absolute atomic E-state index is 13.3. The van der Waals surface area contributed by atoms with E-state index in [1.165, 1.54) is 52.5 Å². The SMILES string of the molecule is COc1ccc(-n2c3cssc-3c(NC(=O)NCCOC(=O)CCCCC(=O)c3c(O)cc(C)oc3=O)c2=O)c(OC)c1. The van der Waals surface area contributed by atoms with E-state index in [1.54, 1.807) is 18.2 Å². The molecule has 0 spiro atoms. The molecule has 0 bridgehead atoms. The zero-order valence-electron chi connectivity index (χ0n) is 23.5. The number of ketones is 1. The Hall–Kier alpha value is -4.63. The highest BCUT2D eigenvalue weighted by atomic mass is 32.9.